The highest BCUT2D eigenvalue weighted by molar-refractivity contribution is 9.10. The molecule has 2 aromatic rings. The molecule has 0 heterocycles. The molecule has 1 N–H and O–H groups in total. The first-order valence-corrected chi connectivity index (χ1v) is 7.70. The lowest BCUT2D eigenvalue weighted by Gasteiger charge is -2.13. The Bertz CT molecular complexity index is 601. The third-order valence-electron chi connectivity index (χ3n) is 2.90. The lowest BCUT2D eigenvalue weighted by atomic mass is 10.2. The van der Waals surface area contributed by atoms with Gasteiger partial charge in [0.1, 0.15) is 11.5 Å². The summed E-state index contributed by atoms with van der Waals surface area (Å²) in [6.07, 6.45) is 0. The van der Waals surface area contributed by atoms with Gasteiger partial charge in [0.2, 0.25) is 0 Å². The molecule has 0 aliphatic rings. The average Bonchev–Trinajstić information content (AvgIpc) is 2.41. The van der Waals surface area contributed by atoms with E-state index >= 15 is 0 Å². The first kappa shape index (κ1) is 15.4. The highest BCUT2D eigenvalue weighted by atomic mass is 79.9. The maximum Gasteiger partial charge on any atom is 0.146 e. The van der Waals surface area contributed by atoms with Crippen LogP contribution in [0.1, 0.15) is 18.1 Å². The fraction of sp³-hybridized carbons (Fsp3) is 0.250. The van der Waals surface area contributed by atoms with E-state index in [9.17, 15) is 0 Å². The van der Waals surface area contributed by atoms with Gasteiger partial charge in [-0.25, -0.2) is 0 Å². The Labute approximate surface area is 133 Å². The van der Waals surface area contributed by atoms with Crippen molar-refractivity contribution in [1.82, 2.24) is 5.32 Å². The standard InChI is InChI=1S/C16H17BrClNO/c1-3-19-10-12-9-13(17)5-7-15(12)20-16-6-4-11(2)8-14(16)18/h4-9,19H,3,10H2,1-2H3. The zero-order chi connectivity index (χ0) is 14.5. The van der Waals surface area contributed by atoms with Crippen molar-refractivity contribution in [1.29, 1.82) is 0 Å². The van der Waals surface area contributed by atoms with Crippen LogP contribution in [0.2, 0.25) is 5.02 Å². The Morgan fingerprint density at radius 3 is 2.60 bits per heavy atom. The van der Waals surface area contributed by atoms with Crippen LogP contribution in [0.15, 0.2) is 40.9 Å². The van der Waals surface area contributed by atoms with Crippen molar-refractivity contribution in [2.24, 2.45) is 0 Å². The van der Waals surface area contributed by atoms with Crippen molar-refractivity contribution < 1.29 is 4.74 Å². The van der Waals surface area contributed by atoms with E-state index in [1.165, 1.54) is 0 Å². The number of benzene rings is 2. The van der Waals surface area contributed by atoms with Crippen LogP contribution in [0.4, 0.5) is 0 Å². The number of ether oxygens (including phenoxy) is 1. The number of hydrogen-bond acceptors (Lipinski definition) is 2. The lowest BCUT2D eigenvalue weighted by molar-refractivity contribution is 0.473. The molecule has 0 bridgehead atoms. The fourth-order valence-corrected chi connectivity index (χ4v) is 2.53. The Morgan fingerprint density at radius 2 is 1.90 bits per heavy atom. The van der Waals surface area contributed by atoms with Crippen molar-refractivity contribution in [2.75, 3.05) is 6.54 Å². The number of aryl methyl sites for hydroxylation is 1. The molecule has 2 nitrogen and oxygen atoms in total. The highest BCUT2D eigenvalue weighted by Crippen LogP contribution is 2.33. The van der Waals surface area contributed by atoms with Gasteiger partial charge in [0.05, 0.1) is 5.02 Å². The lowest BCUT2D eigenvalue weighted by Crippen LogP contribution is -2.12. The van der Waals surface area contributed by atoms with Gasteiger partial charge in [-0.15, -0.1) is 0 Å². The molecule has 0 atom stereocenters. The van der Waals surface area contributed by atoms with E-state index in [0.717, 1.165) is 34.4 Å². The van der Waals surface area contributed by atoms with Crippen LogP contribution in [0, 0.1) is 6.92 Å². The fourth-order valence-electron chi connectivity index (χ4n) is 1.85. The predicted octanol–water partition coefficient (Wildman–Crippen LogP) is 5.31. The van der Waals surface area contributed by atoms with Crippen LogP contribution in [-0.4, -0.2) is 6.54 Å². The summed E-state index contributed by atoms with van der Waals surface area (Å²) in [4.78, 5) is 0. The summed E-state index contributed by atoms with van der Waals surface area (Å²) < 4.78 is 6.99. The van der Waals surface area contributed by atoms with Gasteiger partial charge >= 0.3 is 0 Å². The van der Waals surface area contributed by atoms with Gasteiger partial charge in [0, 0.05) is 16.6 Å². The first-order valence-electron chi connectivity index (χ1n) is 6.53. The molecule has 0 amide bonds. The van der Waals surface area contributed by atoms with Gasteiger partial charge in [-0.1, -0.05) is 40.5 Å². The third-order valence-corrected chi connectivity index (χ3v) is 3.68. The maximum atomic E-state index is 6.22. The van der Waals surface area contributed by atoms with Crippen molar-refractivity contribution in [3.05, 3.63) is 57.0 Å². The van der Waals surface area contributed by atoms with Gasteiger partial charge in [-0.05, 0) is 49.4 Å². The van der Waals surface area contributed by atoms with Crippen LogP contribution in [0.25, 0.3) is 0 Å². The van der Waals surface area contributed by atoms with Crippen LogP contribution in [0.5, 0.6) is 11.5 Å². The van der Waals surface area contributed by atoms with Gasteiger partial charge in [-0.3, -0.25) is 0 Å². The number of hydrogen-bond donors (Lipinski definition) is 1. The molecule has 0 radical (unpaired) electrons. The zero-order valence-electron chi connectivity index (χ0n) is 11.5. The summed E-state index contributed by atoms with van der Waals surface area (Å²) in [7, 11) is 0. The van der Waals surface area contributed by atoms with E-state index in [1.54, 1.807) is 0 Å². The largest absolute Gasteiger partial charge is 0.455 e. The molecule has 0 spiro atoms. The molecular weight excluding hydrogens is 338 g/mol. The van der Waals surface area contributed by atoms with Crippen molar-refractivity contribution in [3.8, 4) is 11.5 Å². The Kier molecular flexibility index (Phi) is 5.46. The molecule has 0 fully saturated rings. The molecule has 106 valence electrons. The molecule has 0 saturated carbocycles. The second-order valence-electron chi connectivity index (χ2n) is 4.57. The average molecular weight is 355 g/mol. The minimum atomic E-state index is 0.627. The van der Waals surface area contributed by atoms with E-state index in [2.05, 4.69) is 34.2 Å². The molecule has 2 aromatic carbocycles. The maximum absolute atomic E-state index is 6.22. The zero-order valence-corrected chi connectivity index (χ0v) is 13.9. The topological polar surface area (TPSA) is 21.3 Å². The van der Waals surface area contributed by atoms with Gasteiger partial charge < -0.3 is 10.1 Å². The predicted molar refractivity (Wildman–Crippen MR) is 87.8 cm³/mol. The molecule has 0 aromatic heterocycles. The first-order chi connectivity index (χ1) is 9.60. The van der Waals surface area contributed by atoms with E-state index in [-0.39, 0.29) is 0 Å². The summed E-state index contributed by atoms with van der Waals surface area (Å²) in [5.74, 6) is 1.50. The van der Waals surface area contributed by atoms with Crippen LogP contribution < -0.4 is 10.1 Å². The summed E-state index contributed by atoms with van der Waals surface area (Å²) >= 11 is 9.71. The third kappa shape index (κ3) is 3.98. The number of nitrogens with one attached hydrogen (secondary N) is 1. The van der Waals surface area contributed by atoms with Gasteiger partial charge in [0.15, 0.2) is 0 Å². The summed E-state index contributed by atoms with van der Waals surface area (Å²) in [6, 6.07) is 11.8. The Hall–Kier alpha value is -1.03. The molecular formula is C16H17BrClNO. The van der Waals surface area contributed by atoms with Crippen molar-refractivity contribution >= 4 is 27.5 Å². The highest BCUT2D eigenvalue weighted by Gasteiger charge is 2.08. The van der Waals surface area contributed by atoms with E-state index in [0.29, 0.717) is 10.8 Å². The second kappa shape index (κ2) is 7.11. The number of rotatable bonds is 5. The smallest absolute Gasteiger partial charge is 0.146 e. The van der Waals surface area contributed by atoms with Crippen molar-refractivity contribution in [3.63, 3.8) is 0 Å². The van der Waals surface area contributed by atoms with Crippen LogP contribution in [0.3, 0.4) is 0 Å². The molecule has 20 heavy (non-hydrogen) atoms. The van der Waals surface area contributed by atoms with Gasteiger partial charge in [0.25, 0.3) is 0 Å². The van der Waals surface area contributed by atoms with Crippen LogP contribution >= 0.6 is 27.5 Å². The Morgan fingerprint density at radius 1 is 1.15 bits per heavy atom. The minimum Gasteiger partial charge on any atom is -0.455 e. The van der Waals surface area contributed by atoms with E-state index in [1.807, 2.05) is 37.3 Å². The van der Waals surface area contributed by atoms with E-state index in [4.69, 9.17) is 16.3 Å². The second-order valence-corrected chi connectivity index (χ2v) is 5.89. The van der Waals surface area contributed by atoms with Crippen molar-refractivity contribution in [2.45, 2.75) is 20.4 Å². The Balaban J connectivity index is 2.27. The number of halogens is 2. The monoisotopic (exact) mass is 353 g/mol. The molecule has 4 heteroatoms. The molecule has 0 unspecified atom stereocenters. The van der Waals surface area contributed by atoms with Crippen LogP contribution in [-0.2, 0) is 6.54 Å². The molecule has 2 rings (SSSR count). The molecule has 0 aliphatic heterocycles. The molecule has 0 saturated heterocycles. The quantitative estimate of drug-likeness (QED) is 0.785. The molecule has 0 aliphatic carbocycles. The van der Waals surface area contributed by atoms with Gasteiger partial charge in [-0.2, -0.15) is 0 Å². The summed E-state index contributed by atoms with van der Waals surface area (Å²) in [5, 5.41) is 3.94. The summed E-state index contributed by atoms with van der Waals surface area (Å²) in [6.45, 7) is 5.76. The van der Waals surface area contributed by atoms with E-state index < -0.39 is 0 Å². The SMILES string of the molecule is CCNCc1cc(Br)ccc1Oc1ccc(C)cc1Cl. The summed E-state index contributed by atoms with van der Waals surface area (Å²) in [5.41, 5.74) is 2.21. The normalized spacial score (nSPS) is 10.6. The minimum absolute atomic E-state index is 0.627.